The lowest BCUT2D eigenvalue weighted by atomic mass is 9.95. The van der Waals surface area contributed by atoms with E-state index in [2.05, 4.69) is 24.4 Å². The molecular weight excluding hydrogens is 444 g/mol. The maximum Gasteiger partial charge on any atom is 0.407 e. The Bertz CT molecular complexity index is 1040. The number of nitrogens with zero attached hydrogens (tertiary/aromatic N) is 1. The highest BCUT2D eigenvalue weighted by molar-refractivity contribution is 5.89. The molecule has 4 rings (SSSR count). The van der Waals surface area contributed by atoms with Gasteiger partial charge in [0.15, 0.2) is 0 Å². The first kappa shape index (κ1) is 24.8. The fourth-order valence-corrected chi connectivity index (χ4v) is 5.62. The Hall–Kier alpha value is -3.35. The molecule has 0 aliphatic heterocycles. The van der Waals surface area contributed by atoms with Gasteiger partial charge in [-0.3, -0.25) is 9.59 Å². The summed E-state index contributed by atoms with van der Waals surface area (Å²) >= 11 is 0. The Morgan fingerprint density at radius 3 is 2.23 bits per heavy atom. The number of aliphatic carboxylic acids is 1. The van der Waals surface area contributed by atoms with Crippen molar-refractivity contribution in [2.24, 2.45) is 5.92 Å². The van der Waals surface area contributed by atoms with Crippen molar-refractivity contribution in [1.29, 1.82) is 0 Å². The Labute approximate surface area is 206 Å². The molecule has 0 spiro atoms. The van der Waals surface area contributed by atoms with Crippen molar-refractivity contribution in [3.05, 3.63) is 59.7 Å². The summed E-state index contributed by atoms with van der Waals surface area (Å²) in [6.07, 6.45) is 3.95. The highest BCUT2D eigenvalue weighted by Gasteiger charge is 2.34. The highest BCUT2D eigenvalue weighted by atomic mass is 16.5. The van der Waals surface area contributed by atoms with Gasteiger partial charge in [0.2, 0.25) is 5.91 Å². The number of carbonyl (C=O) groups excluding carboxylic acids is 2. The number of ether oxygens (including phenoxy) is 1. The van der Waals surface area contributed by atoms with Crippen LogP contribution in [-0.4, -0.2) is 53.7 Å². The zero-order chi connectivity index (χ0) is 24.9. The largest absolute Gasteiger partial charge is 0.481 e. The molecule has 0 aromatic heterocycles. The van der Waals surface area contributed by atoms with E-state index in [1.807, 2.05) is 36.4 Å². The lowest BCUT2D eigenvalue weighted by molar-refractivity contribution is -0.143. The third-order valence-electron chi connectivity index (χ3n) is 7.47. The molecule has 35 heavy (non-hydrogen) atoms. The number of hydrogen-bond acceptors (Lipinski definition) is 4. The molecule has 0 bridgehead atoms. The standard InChI is InChI=1S/C28H34N2O5/c1-18-10-4-3-5-15-25(18)30(2)27(33)24(16-26(31)32)29-28(34)35-17-23-21-13-8-6-11-19(21)20-12-7-9-14-22(20)23/h6-9,11-14,18,23-25H,3-5,10,15-17H2,1-2H3,(H,29,34)(H,31,32). The van der Waals surface area contributed by atoms with E-state index in [-0.39, 0.29) is 24.5 Å². The molecule has 3 atom stereocenters. The van der Waals surface area contributed by atoms with Crippen molar-refractivity contribution in [3.8, 4) is 11.1 Å². The van der Waals surface area contributed by atoms with Crippen molar-refractivity contribution < 1.29 is 24.2 Å². The van der Waals surface area contributed by atoms with Crippen molar-refractivity contribution >= 4 is 18.0 Å². The molecule has 2 amide bonds. The van der Waals surface area contributed by atoms with Gasteiger partial charge in [0.25, 0.3) is 0 Å². The van der Waals surface area contributed by atoms with Gasteiger partial charge in [0.05, 0.1) is 6.42 Å². The first-order valence-corrected chi connectivity index (χ1v) is 12.5. The van der Waals surface area contributed by atoms with E-state index in [1.165, 1.54) is 0 Å². The molecular formula is C28H34N2O5. The number of fused-ring (bicyclic) bond motifs is 3. The summed E-state index contributed by atoms with van der Waals surface area (Å²) in [5.74, 6) is -1.33. The normalized spacial score (nSPS) is 20.2. The SMILES string of the molecule is CC1CCCCCC1N(C)C(=O)C(CC(=O)O)NC(=O)OCC1c2ccccc2-c2ccccc21. The predicted octanol–water partition coefficient (Wildman–Crippen LogP) is 4.80. The van der Waals surface area contributed by atoms with Crippen molar-refractivity contribution in [2.75, 3.05) is 13.7 Å². The number of nitrogens with one attached hydrogen (secondary N) is 1. The number of rotatable bonds is 7. The lowest BCUT2D eigenvalue weighted by Gasteiger charge is -2.34. The predicted molar refractivity (Wildman–Crippen MR) is 133 cm³/mol. The van der Waals surface area contributed by atoms with Gasteiger partial charge in [-0.05, 0) is 41.0 Å². The smallest absolute Gasteiger partial charge is 0.407 e. The molecule has 3 unspecified atom stereocenters. The van der Waals surface area contributed by atoms with E-state index in [0.29, 0.717) is 5.92 Å². The molecule has 1 fully saturated rings. The number of benzene rings is 2. The van der Waals surface area contributed by atoms with Crippen LogP contribution in [0, 0.1) is 5.92 Å². The summed E-state index contributed by atoms with van der Waals surface area (Å²) < 4.78 is 5.55. The number of amides is 2. The number of hydrogen-bond donors (Lipinski definition) is 2. The van der Waals surface area contributed by atoms with Crippen LogP contribution >= 0.6 is 0 Å². The number of carbonyl (C=O) groups is 3. The highest BCUT2D eigenvalue weighted by Crippen LogP contribution is 2.44. The minimum absolute atomic E-state index is 0.0330. The number of carboxylic acid groups (broad SMARTS) is 1. The van der Waals surface area contributed by atoms with Gasteiger partial charge in [-0.15, -0.1) is 0 Å². The van der Waals surface area contributed by atoms with Crippen molar-refractivity contribution in [3.63, 3.8) is 0 Å². The summed E-state index contributed by atoms with van der Waals surface area (Å²) in [5, 5.41) is 11.9. The molecule has 2 aliphatic carbocycles. The summed E-state index contributed by atoms with van der Waals surface area (Å²) in [4.78, 5) is 39.1. The van der Waals surface area contributed by atoms with E-state index in [0.717, 1.165) is 54.4 Å². The molecule has 2 aromatic carbocycles. The van der Waals surface area contributed by atoms with Crippen LogP contribution in [0.2, 0.25) is 0 Å². The van der Waals surface area contributed by atoms with Crippen LogP contribution in [0.1, 0.15) is 62.5 Å². The van der Waals surface area contributed by atoms with Crippen LogP contribution in [0.5, 0.6) is 0 Å². The molecule has 0 heterocycles. The minimum Gasteiger partial charge on any atom is -0.481 e. The third-order valence-corrected chi connectivity index (χ3v) is 7.47. The van der Waals surface area contributed by atoms with Crippen LogP contribution in [-0.2, 0) is 14.3 Å². The molecule has 7 heteroatoms. The molecule has 0 radical (unpaired) electrons. The van der Waals surface area contributed by atoms with E-state index in [9.17, 15) is 19.5 Å². The van der Waals surface area contributed by atoms with Gasteiger partial charge in [0.1, 0.15) is 12.6 Å². The van der Waals surface area contributed by atoms with E-state index in [1.54, 1.807) is 11.9 Å². The summed E-state index contributed by atoms with van der Waals surface area (Å²) in [6, 6.07) is 14.9. The second-order valence-corrected chi connectivity index (χ2v) is 9.75. The molecule has 2 N–H and O–H groups in total. The second kappa shape index (κ2) is 10.9. The van der Waals surface area contributed by atoms with Crippen LogP contribution in [0.3, 0.4) is 0 Å². The summed E-state index contributed by atoms with van der Waals surface area (Å²) in [5.41, 5.74) is 4.41. The third kappa shape index (κ3) is 5.50. The van der Waals surface area contributed by atoms with Crippen LogP contribution in [0.4, 0.5) is 4.79 Å². The quantitative estimate of drug-likeness (QED) is 0.558. The summed E-state index contributed by atoms with van der Waals surface area (Å²) in [7, 11) is 1.71. The van der Waals surface area contributed by atoms with Crippen LogP contribution < -0.4 is 5.32 Å². The zero-order valence-corrected chi connectivity index (χ0v) is 20.4. The lowest BCUT2D eigenvalue weighted by Crippen LogP contribution is -2.52. The van der Waals surface area contributed by atoms with E-state index in [4.69, 9.17) is 4.74 Å². The zero-order valence-electron chi connectivity index (χ0n) is 20.4. The first-order valence-electron chi connectivity index (χ1n) is 12.5. The molecule has 186 valence electrons. The van der Waals surface area contributed by atoms with Crippen LogP contribution in [0.15, 0.2) is 48.5 Å². The number of carboxylic acids is 1. The number of likely N-dealkylation sites (N-methyl/N-ethyl adjacent to an activating group) is 1. The van der Waals surface area contributed by atoms with Gasteiger partial charge >= 0.3 is 12.1 Å². The fraction of sp³-hybridized carbons (Fsp3) is 0.464. The Balaban J connectivity index is 1.43. The van der Waals surface area contributed by atoms with Crippen molar-refractivity contribution in [2.45, 2.75) is 63.5 Å². The Kier molecular flexibility index (Phi) is 7.73. The monoisotopic (exact) mass is 478 g/mol. The second-order valence-electron chi connectivity index (χ2n) is 9.75. The minimum atomic E-state index is -1.18. The van der Waals surface area contributed by atoms with Crippen molar-refractivity contribution in [1.82, 2.24) is 10.2 Å². The van der Waals surface area contributed by atoms with Gasteiger partial charge in [-0.25, -0.2) is 4.79 Å². The molecule has 2 aromatic rings. The first-order chi connectivity index (χ1) is 16.9. The van der Waals surface area contributed by atoms with Crippen LogP contribution in [0.25, 0.3) is 11.1 Å². The molecule has 0 saturated heterocycles. The molecule has 1 saturated carbocycles. The van der Waals surface area contributed by atoms with Gasteiger partial charge in [-0.2, -0.15) is 0 Å². The van der Waals surface area contributed by atoms with E-state index < -0.39 is 24.5 Å². The maximum atomic E-state index is 13.3. The average molecular weight is 479 g/mol. The van der Waals surface area contributed by atoms with Gasteiger partial charge < -0.3 is 20.1 Å². The Morgan fingerprint density at radius 1 is 1.00 bits per heavy atom. The molecule has 7 nitrogen and oxygen atoms in total. The summed E-state index contributed by atoms with van der Waals surface area (Å²) in [6.45, 7) is 2.23. The topological polar surface area (TPSA) is 95.9 Å². The van der Waals surface area contributed by atoms with E-state index >= 15 is 0 Å². The number of alkyl carbamates (subject to hydrolysis) is 1. The van der Waals surface area contributed by atoms with Gasteiger partial charge in [0, 0.05) is 19.0 Å². The fourth-order valence-electron chi connectivity index (χ4n) is 5.62. The average Bonchev–Trinajstić information content (AvgIpc) is 3.00. The molecule has 2 aliphatic rings. The maximum absolute atomic E-state index is 13.3. The van der Waals surface area contributed by atoms with Gasteiger partial charge in [-0.1, -0.05) is 74.7 Å². The Morgan fingerprint density at radius 2 is 1.60 bits per heavy atom.